The molecule has 0 saturated heterocycles. The van der Waals surface area contributed by atoms with Crippen molar-refractivity contribution in [1.29, 1.82) is 0 Å². The Balaban J connectivity index is 1.60. The molecule has 4 nitrogen and oxygen atoms in total. The van der Waals surface area contributed by atoms with Crippen molar-refractivity contribution in [3.05, 3.63) is 77.4 Å². The molecule has 1 heterocycles. The van der Waals surface area contributed by atoms with E-state index in [2.05, 4.69) is 36.5 Å². The molecular formula is C25H28N2O2. The van der Waals surface area contributed by atoms with E-state index >= 15 is 0 Å². The Hall–Kier alpha value is -2.88. The molecule has 1 aromatic heterocycles. The Bertz CT molecular complexity index is 937. The van der Waals surface area contributed by atoms with Crippen LogP contribution in [0.3, 0.4) is 0 Å². The zero-order chi connectivity index (χ0) is 20.1. The summed E-state index contributed by atoms with van der Waals surface area (Å²) in [4.78, 5) is 17.8. The summed E-state index contributed by atoms with van der Waals surface area (Å²) in [6.45, 7) is 2.07. The van der Waals surface area contributed by atoms with Crippen LogP contribution in [0, 0.1) is 6.92 Å². The van der Waals surface area contributed by atoms with Gasteiger partial charge in [0, 0.05) is 18.0 Å². The summed E-state index contributed by atoms with van der Waals surface area (Å²) in [5, 5.41) is 3.20. The Morgan fingerprint density at radius 3 is 2.38 bits per heavy atom. The minimum Gasteiger partial charge on any atom is -0.434 e. The van der Waals surface area contributed by atoms with Crippen molar-refractivity contribution >= 4 is 5.91 Å². The van der Waals surface area contributed by atoms with Crippen LogP contribution in [-0.4, -0.2) is 16.9 Å². The van der Waals surface area contributed by atoms with Crippen molar-refractivity contribution in [2.24, 2.45) is 0 Å². The number of hydrogen-bond donors (Lipinski definition) is 1. The predicted molar refractivity (Wildman–Crippen MR) is 115 cm³/mol. The minimum absolute atomic E-state index is 0.154. The van der Waals surface area contributed by atoms with E-state index in [1.54, 1.807) is 0 Å². The molecule has 0 atom stereocenters. The highest BCUT2D eigenvalue weighted by molar-refractivity contribution is 5.97. The Morgan fingerprint density at radius 2 is 1.69 bits per heavy atom. The van der Waals surface area contributed by atoms with Crippen molar-refractivity contribution in [3.8, 4) is 11.3 Å². The molecule has 3 aromatic rings. The monoisotopic (exact) mass is 388 g/mol. The van der Waals surface area contributed by atoms with E-state index in [0.717, 1.165) is 24.0 Å². The van der Waals surface area contributed by atoms with Crippen LogP contribution in [0.4, 0.5) is 0 Å². The number of carbonyl (C=O) groups is 1. The summed E-state index contributed by atoms with van der Waals surface area (Å²) in [5.74, 6) is 0.736. The largest absolute Gasteiger partial charge is 0.434 e. The third-order valence-corrected chi connectivity index (χ3v) is 5.59. The molecule has 1 N–H and O–H groups in total. The minimum atomic E-state index is -0.154. The van der Waals surface area contributed by atoms with E-state index in [9.17, 15) is 4.79 Å². The first-order valence-corrected chi connectivity index (χ1v) is 10.6. The quantitative estimate of drug-likeness (QED) is 0.571. The molecule has 0 unspecified atom stereocenters. The van der Waals surface area contributed by atoms with Gasteiger partial charge in [-0.15, -0.1) is 0 Å². The third-order valence-electron chi connectivity index (χ3n) is 5.59. The van der Waals surface area contributed by atoms with E-state index in [-0.39, 0.29) is 11.9 Å². The molecule has 1 aliphatic carbocycles. The van der Waals surface area contributed by atoms with Crippen LogP contribution in [0.25, 0.3) is 11.3 Å². The van der Waals surface area contributed by atoms with Crippen molar-refractivity contribution in [1.82, 2.24) is 10.3 Å². The summed E-state index contributed by atoms with van der Waals surface area (Å²) >= 11 is 0. The van der Waals surface area contributed by atoms with Gasteiger partial charge in [0.15, 0.2) is 5.89 Å². The number of aromatic nitrogens is 1. The van der Waals surface area contributed by atoms with E-state index in [1.165, 1.54) is 31.2 Å². The smallest absolute Gasteiger partial charge is 0.289 e. The first-order chi connectivity index (χ1) is 14.2. The standard InChI is InChI=1S/C25H28N2O2/c1-18-13-15-19(16-14-18)17-22-27-23(20-9-5-4-6-10-20)24(29-22)25(28)26-21-11-7-2-3-8-12-21/h4-6,9-10,13-16,21H,2-3,7-8,11-12,17H2,1H3,(H,26,28). The van der Waals surface area contributed by atoms with E-state index < -0.39 is 0 Å². The summed E-state index contributed by atoms with van der Waals surface area (Å²) in [6.07, 6.45) is 7.50. The van der Waals surface area contributed by atoms with Gasteiger partial charge in [0.2, 0.25) is 5.76 Å². The molecule has 29 heavy (non-hydrogen) atoms. The summed E-state index contributed by atoms with van der Waals surface area (Å²) < 4.78 is 6.01. The highest BCUT2D eigenvalue weighted by atomic mass is 16.4. The molecule has 4 rings (SSSR count). The molecule has 1 amide bonds. The van der Waals surface area contributed by atoms with Gasteiger partial charge in [-0.3, -0.25) is 4.79 Å². The molecule has 150 valence electrons. The Morgan fingerprint density at radius 1 is 1.00 bits per heavy atom. The fourth-order valence-corrected chi connectivity index (χ4v) is 3.94. The lowest BCUT2D eigenvalue weighted by atomic mass is 10.1. The number of carbonyl (C=O) groups excluding carboxylic acids is 1. The lowest BCUT2D eigenvalue weighted by Gasteiger charge is -2.15. The second-order valence-electron chi connectivity index (χ2n) is 7.98. The summed E-state index contributed by atoms with van der Waals surface area (Å²) in [6, 6.07) is 18.3. The number of benzene rings is 2. The second kappa shape index (κ2) is 9.08. The van der Waals surface area contributed by atoms with Crippen molar-refractivity contribution in [3.63, 3.8) is 0 Å². The zero-order valence-corrected chi connectivity index (χ0v) is 17.0. The Labute approximate surface area is 172 Å². The maximum Gasteiger partial charge on any atom is 0.289 e. The third kappa shape index (κ3) is 4.94. The van der Waals surface area contributed by atoms with Gasteiger partial charge in [0.1, 0.15) is 5.69 Å². The van der Waals surface area contributed by atoms with Crippen molar-refractivity contribution < 1.29 is 9.21 Å². The van der Waals surface area contributed by atoms with Gasteiger partial charge in [-0.1, -0.05) is 85.8 Å². The number of nitrogens with zero attached hydrogens (tertiary/aromatic N) is 1. The molecule has 1 saturated carbocycles. The highest BCUT2D eigenvalue weighted by Gasteiger charge is 2.24. The molecule has 0 aliphatic heterocycles. The van der Waals surface area contributed by atoms with Crippen molar-refractivity contribution in [2.75, 3.05) is 0 Å². The maximum atomic E-state index is 13.1. The Kier molecular flexibility index (Phi) is 6.09. The molecule has 0 spiro atoms. The topological polar surface area (TPSA) is 55.1 Å². The van der Waals surface area contributed by atoms with Crippen LogP contribution in [0.1, 0.15) is 66.1 Å². The highest BCUT2D eigenvalue weighted by Crippen LogP contribution is 2.26. The van der Waals surface area contributed by atoms with E-state index in [0.29, 0.717) is 23.8 Å². The van der Waals surface area contributed by atoms with Crippen molar-refractivity contribution in [2.45, 2.75) is 57.9 Å². The van der Waals surface area contributed by atoms with Crippen LogP contribution in [-0.2, 0) is 6.42 Å². The van der Waals surface area contributed by atoms with E-state index in [4.69, 9.17) is 9.40 Å². The fraction of sp³-hybridized carbons (Fsp3) is 0.360. The van der Waals surface area contributed by atoms with Crippen LogP contribution >= 0.6 is 0 Å². The number of oxazole rings is 1. The van der Waals surface area contributed by atoms with Gasteiger partial charge in [-0.25, -0.2) is 4.98 Å². The predicted octanol–water partition coefficient (Wildman–Crippen LogP) is 5.69. The molecule has 4 heteroatoms. The molecule has 2 aromatic carbocycles. The molecule has 0 bridgehead atoms. The fourth-order valence-electron chi connectivity index (χ4n) is 3.94. The molecular weight excluding hydrogens is 360 g/mol. The van der Waals surface area contributed by atoms with E-state index in [1.807, 2.05) is 30.3 Å². The van der Waals surface area contributed by atoms with Crippen LogP contribution in [0.15, 0.2) is 59.0 Å². The number of hydrogen-bond acceptors (Lipinski definition) is 3. The first kappa shape index (κ1) is 19.4. The summed E-state index contributed by atoms with van der Waals surface area (Å²) in [7, 11) is 0. The average Bonchev–Trinajstić information content (AvgIpc) is 2.99. The van der Waals surface area contributed by atoms with Gasteiger partial charge in [-0.05, 0) is 25.3 Å². The maximum absolute atomic E-state index is 13.1. The number of nitrogens with one attached hydrogen (secondary N) is 1. The normalized spacial score (nSPS) is 15.1. The van der Waals surface area contributed by atoms with Gasteiger partial charge in [-0.2, -0.15) is 0 Å². The molecule has 1 fully saturated rings. The van der Waals surface area contributed by atoms with Gasteiger partial charge < -0.3 is 9.73 Å². The summed E-state index contributed by atoms with van der Waals surface area (Å²) in [5.41, 5.74) is 3.86. The number of amides is 1. The second-order valence-corrected chi connectivity index (χ2v) is 7.98. The first-order valence-electron chi connectivity index (χ1n) is 10.6. The van der Waals surface area contributed by atoms with Gasteiger partial charge in [0.25, 0.3) is 5.91 Å². The van der Waals surface area contributed by atoms with Gasteiger partial charge in [0.05, 0.1) is 0 Å². The lowest BCUT2D eigenvalue weighted by Crippen LogP contribution is -2.34. The molecule has 1 aliphatic rings. The number of aryl methyl sites for hydroxylation is 1. The van der Waals surface area contributed by atoms with Gasteiger partial charge >= 0.3 is 0 Å². The molecule has 0 radical (unpaired) electrons. The zero-order valence-electron chi connectivity index (χ0n) is 17.0. The average molecular weight is 389 g/mol. The van der Waals surface area contributed by atoms with Crippen LogP contribution in [0.5, 0.6) is 0 Å². The number of rotatable bonds is 5. The van der Waals surface area contributed by atoms with Crippen LogP contribution < -0.4 is 5.32 Å². The SMILES string of the molecule is Cc1ccc(Cc2nc(-c3ccccc3)c(C(=O)NC3CCCCCC3)o2)cc1. The van der Waals surface area contributed by atoms with Crippen LogP contribution in [0.2, 0.25) is 0 Å². The lowest BCUT2D eigenvalue weighted by molar-refractivity contribution is 0.0904.